The van der Waals surface area contributed by atoms with Gasteiger partial charge >= 0.3 is 5.97 Å². The van der Waals surface area contributed by atoms with E-state index < -0.39 is 0 Å². The normalized spacial score (nSPS) is 10.7. The van der Waals surface area contributed by atoms with Gasteiger partial charge in [-0.25, -0.2) is 14.5 Å². The van der Waals surface area contributed by atoms with Gasteiger partial charge in [0.1, 0.15) is 17.2 Å². The molecular formula is C12H17N5O2. The smallest absolute Gasteiger partial charge is 0.341 e. The number of hydrogen-bond donors (Lipinski definition) is 0. The van der Waals surface area contributed by atoms with E-state index in [0.29, 0.717) is 24.5 Å². The number of hydrogen-bond acceptors (Lipinski definition) is 5. The molecule has 2 aromatic heterocycles. The Bertz CT molecular complexity index is 599. The van der Waals surface area contributed by atoms with Crippen LogP contribution >= 0.6 is 0 Å². The van der Waals surface area contributed by atoms with E-state index >= 15 is 0 Å². The fraction of sp³-hybridized carbons (Fsp3) is 0.500. The van der Waals surface area contributed by atoms with Crippen LogP contribution in [-0.4, -0.2) is 37.1 Å². The second kappa shape index (κ2) is 5.21. The number of aryl methyl sites for hydroxylation is 3. The molecule has 0 fully saturated rings. The number of ether oxygens (including phenoxy) is 1. The minimum atomic E-state index is -0.361. The maximum atomic E-state index is 11.8. The van der Waals surface area contributed by atoms with Crippen molar-refractivity contribution in [2.75, 3.05) is 6.61 Å². The Morgan fingerprint density at radius 1 is 1.42 bits per heavy atom. The molecule has 2 rings (SSSR count). The van der Waals surface area contributed by atoms with E-state index in [-0.39, 0.29) is 5.97 Å². The van der Waals surface area contributed by atoms with Crippen molar-refractivity contribution in [2.45, 2.75) is 27.3 Å². The van der Waals surface area contributed by atoms with Gasteiger partial charge in [0.2, 0.25) is 0 Å². The summed E-state index contributed by atoms with van der Waals surface area (Å²) >= 11 is 0. The number of aromatic nitrogens is 5. The van der Waals surface area contributed by atoms with E-state index in [9.17, 15) is 4.79 Å². The summed E-state index contributed by atoms with van der Waals surface area (Å²) in [5, 5.41) is 8.39. The van der Waals surface area contributed by atoms with E-state index in [1.54, 1.807) is 23.3 Å². The van der Waals surface area contributed by atoms with Crippen molar-refractivity contribution in [3.63, 3.8) is 0 Å². The lowest BCUT2D eigenvalue weighted by atomic mass is 10.2. The summed E-state index contributed by atoms with van der Waals surface area (Å²) in [7, 11) is 1.79. The minimum absolute atomic E-state index is 0.342. The van der Waals surface area contributed by atoms with Gasteiger partial charge in [-0.1, -0.05) is 0 Å². The highest BCUT2D eigenvalue weighted by Crippen LogP contribution is 2.12. The van der Waals surface area contributed by atoms with Crippen molar-refractivity contribution in [3.05, 3.63) is 29.1 Å². The van der Waals surface area contributed by atoms with Crippen LogP contribution in [0.2, 0.25) is 0 Å². The first-order valence-corrected chi connectivity index (χ1v) is 6.09. The van der Waals surface area contributed by atoms with Crippen molar-refractivity contribution >= 4 is 5.97 Å². The molecule has 0 unspecified atom stereocenters. The van der Waals surface area contributed by atoms with Gasteiger partial charge in [0.15, 0.2) is 0 Å². The predicted octanol–water partition coefficient (Wildman–Crippen LogP) is 0.853. The van der Waals surface area contributed by atoms with E-state index in [4.69, 9.17) is 4.74 Å². The quantitative estimate of drug-likeness (QED) is 0.765. The SMILES string of the molecule is CCOC(=O)c1cnn(C)c1Cn1nc(C)nc1C. The molecule has 0 aliphatic rings. The lowest BCUT2D eigenvalue weighted by Gasteiger charge is -2.07. The monoisotopic (exact) mass is 263 g/mol. The van der Waals surface area contributed by atoms with E-state index in [2.05, 4.69) is 15.2 Å². The van der Waals surface area contributed by atoms with Gasteiger partial charge in [-0.15, -0.1) is 0 Å². The summed E-state index contributed by atoms with van der Waals surface area (Å²) in [4.78, 5) is 16.1. The fourth-order valence-electron chi connectivity index (χ4n) is 1.88. The zero-order valence-corrected chi connectivity index (χ0v) is 11.5. The molecule has 0 aliphatic heterocycles. The van der Waals surface area contributed by atoms with Gasteiger partial charge < -0.3 is 4.74 Å². The zero-order chi connectivity index (χ0) is 14.0. The van der Waals surface area contributed by atoms with Crippen LogP contribution in [0.1, 0.15) is 34.6 Å². The average molecular weight is 263 g/mol. The summed E-state index contributed by atoms with van der Waals surface area (Å²) < 4.78 is 8.42. The van der Waals surface area contributed by atoms with Crippen LogP contribution in [0.25, 0.3) is 0 Å². The number of carbonyl (C=O) groups is 1. The summed E-state index contributed by atoms with van der Waals surface area (Å²) in [6.45, 7) is 6.27. The molecule has 0 amide bonds. The molecule has 2 aromatic rings. The largest absolute Gasteiger partial charge is 0.462 e. The molecule has 7 heteroatoms. The number of rotatable bonds is 4. The Morgan fingerprint density at radius 2 is 2.16 bits per heavy atom. The average Bonchev–Trinajstić information content (AvgIpc) is 2.85. The van der Waals surface area contributed by atoms with Crippen LogP contribution in [0.5, 0.6) is 0 Å². The van der Waals surface area contributed by atoms with Gasteiger partial charge in [-0.05, 0) is 20.8 Å². The minimum Gasteiger partial charge on any atom is -0.462 e. The van der Waals surface area contributed by atoms with E-state index in [0.717, 1.165) is 11.5 Å². The first kappa shape index (κ1) is 13.3. The maximum Gasteiger partial charge on any atom is 0.341 e. The summed E-state index contributed by atoms with van der Waals surface area (Å²) in [5.41, 5.74) is 1.23. The van der Waals surface area contributed by atoms with Crippen LogP contribution in [0.3, 0.4) is 0 Å². The van der Waals surface area contributed by atoms with Gasteiger partial charge in [0.05, 0.1) is 25.0 Å². The molecular weight excluding hydrogens is 246 g/mol. The fourth-order valence-corrected chi connectivity index (χ4v) is 1.88. The van der Waals surface area contributed by atoms with Crippen LogP contribution in [-0.2, 0) is 18.3 Å². The highest BCUT2D eigenvalue weighted by Gasteiger charge is 2.18. The van der Waals surface area contributed by atoms with Crippen LogP contribution in [0.15, 0.2) is 6.20 Å². The van der Waals surface area contributed by atoms with Crippen molar-refractivity contribution in [1.82, 2.24) is 24.5 Å². The first-order chi connectivity index (χ1) is 9.02. The molecule has 0 radical (unpaired) electrons. The Labute approximate surface area is 111 Å². The zero-order valence-electron chi connectivity index (χ0n) is 11.5. The van der Waals surface area contributed by atoms with Crippen LogP contribution in [0.4, 0.5) is 0 Å². The van der Waals surface area contributed by atoms with Gasteiger partial charge in [0.25, 0.3) is 0 Å². The Morgan fingerprint density at radius 3 is 2.74 bits per heavy atom. The molecule has 0 saturated carbocycles. The lowest BCUT2D eigenvalue weighted by Crippen LogP contribution is -2.14. The van der Waals surface area contributed by atoms with E-state index in [1.807, 2.05) is 13.8 Å². The van der Waals surface area contributed by atoms with Crippen LogP contribution < -0.4 is 0 Å². The number of esters is 1. The number of nitrogens with zero attached hydrogens (tertiary/aromatic N) is 5. The first-order valence-electron chi connectivity index (χ1n) is 6.09. The highest BCUT2D eigenvalue weighted by atomic mass is 16.5. The molecule has 0 spiro atoms. The van der Waals surface area contributed by atoms with Crippen molar-refractivity contribution in [3.8, 4) is 0 Å². The summed E-state index contributed by atoms with van der Waals surface area (Å²) in [6, 6.07) is 0. The van der Waals surface area contributed by atoms with Crippen molar-refractivity contribution < 1.29 is 9.53 Å². The number of carbonyl (C=O) groups excluding carboxylic acids is 1. The second-order valence-corrected chi connectivity index (χ2v) is 4.21. The highest BCUT2D eigenvalue weighted by molar-refractivity contribution is 5.90. The topological polar surface area (TPSA) is 74.8 Å². The molecule has 0 atom stereocenters. The predicted molar refractivity (Wildman–Crippen MR) is 67.8 cm³/mol. The van der Waals surface area contributed by atoms with Gasteiger partial charge in [-0.3, -0.25) is 4.68 Å². The molecule has 2 heterocycles. The third-order valence-corrected chi connectivity index (χ3v) is 2.82. The van der Waals surface area contributed by atoms with Crippen molar-refractivity contribution in [1.29, 1.82) is 0 Å². The third kappa shape index (κ3) is 2.64. The lowest BCUT2D eigenvalue weighted by molar-refractivity contribution is 0.0524. The Kier molecular flexibility index (Phi) is 3.64. The van der Waals surface area contributed by atoms with Gasteiger partial charge in [0, 0.05) is 7.05 Å². The molecule has 0 N–H and O–H groups in total. The maximum absolute atomic E-state index is 11.8. The van der Waals surface area contributed by atoms with Crippen LogP contribution in [0, 0.1) is 13.8 Å². The Hall–Kier alpha value is -2.18. The summed E-state index contributed by atoms with van der Waals surface area (Å²) in [5.74, 6) is 1.14. The Balaban J connectivity index is 2.32. The van der Waals surface area contributed by atoms with E-state index in [1.165, 1.54) is 6.20 Å². The van der Waals surface area contributed by atoms with Crippen molar-refractivity contribution in [2.24, 2.45) is 7.05 Å². The standard InChI is InChI=1S/C12H17N5O2/c1-5-19-12(18)10-6-13-16(4)11(10)7-17-9(3)14-8(2)15-17/h6H,5,7H2,1-4H3. The molecule has 19 heavy (non-hydrogen) atoms. The molecule has 7 nitrogen and oxygen atoms in total. The molecule has 0 aliphatic carbocycles. The molecule has 102 valence electrons. The molecule has 0 saturated heterocycles. The second-order valence-electron chi connectivity index (χ2n) is 4.21. The molecule has 0 bridgehead atoms. The van der Waals surface area contributed by atoms with Gasteiger partial charge in [-0.2, -0.15) is 10.2 Å². The summed E-state index contributed by atoms with van der Waals surface area (Å²) in [6.07, 6.45) is 1.52. The molecule has 0 aromatic carbocycles. The third-order valence-electron chi connectivity index (χ3n) is 2.82.